The van der Waals surface area contributed by atoms with Crippen LogP contribution in [-0.4, -0.2) is 27.4 Å². The van der Waals surface area contributed by atoms with E-state index in [0.29, 0.717) is 11.3 Å². The van der Waals surface area contributed by atoms with Crippen molar-refractivity contribution in [3.05, 3.63) is 83.9 Å². The fraction of sp³-hybridized carbons (Fsp3) is 0.222. The van der Waals surface area contributed by atoms with Gasteiger partial charge in [0.1, 0.15) is 11.9 Å². The van der Waals surface area contributed by atoms with Crippen molar-refractivity contribution in [2.75, 3.05) is 5.32 Å². The topological polar surface area (TPSA) is 76.0 Å². The molecule has 33 heavy (non-hydrogen) atoms. The molecule has 0 radical (unpaired) electrons. The molecule has 0 fully saturated rings. The van der Waals surface area contributed by atoms with Crippen LogP contribution in [-0.2, 0) is 11.8 Å². The van der Waals surface area contributed by atoms with Crippen LogP contribution in [0.3, 0.4) is 0 Å². The Morgan fingerprint density at radius 1 is 0.909 bits per heavy atom. The van der Waals surface area contributed by atoms with Gasteiger partial charge in [-0.25, -0.2) is 4.98 Å². The molecule has 6 heteroatoms. The number of carbonyl (C=O) groups excluding carboxylic acids is 2. The summed E-state index contributed by atoms with van der Waals surface area (Å²) in [4.78, 5) is 30.5. The highest BCUT2D eigenvalue weighted by atomic mass is 16.2. The molecule has 0 saturated carbocycles. The van der Waals surface area contributed by atoms with Crippen LogP contribution < -0.4 is 10.6 Å². The first-order chi connectivity index (χ1) is 15.8. The maximum absolute atomic E-state index is 13.0. The van der Waals surface area contributed by atoms with E-state index in [0.717, 1.165) is 28.0 Å². The molecular formula is C27H28N4O2. The molecule has 2 amide bonds. The van der Waals surface area contributed by atoms with Gasteiger partial charge >= 0.3 is 0 Å². The Kier molecular flexibility index (Phi) is 6.27. The summed E-state index contributed by atoms with van der Waals surface area (Å²) < 4.78 is 2.05. The molecule has 3 aromatic carbocycles. The molecule has 0 aliphatic carbocycles. The molecule has 1 unspecified atom stereocenters. The second kappa shape index (κ2) is 9.28. The lowest BCUT2D eigenvalue weighted by Crippen LogP contribution is -2.47. The van der Waals surface area contributed by atoms with Crippen molar-refractivity contribution < 1.29 is 9.59 Å². The standard InChI is InChI=1S/C27H28N4O2/c1-17(2)24(30-26(32)21-10-6-5-9-18(21)3)27(33)28-20-15-13-19(14-16-20)25-29-22-11-7-8-12-23(22)31(25)4/h5-17,24H,1-4H3,(H,28,33)(H,30,32). The van der Waals surface area contributed by atoms with E-state index in [2.05, 4.69) is 15.2 Å². The Labute approximate surface area is 193 Å². The van der Waals surface area contributed by atoms with E-state index in [4.69, 9.17) is 4.98 Å². The Bertz CT molecular complexity index is 1310. The SMILES string of the molecule is Cc1ccccc1C(=O)NC(C(=O)Nc1ccc(-c2nc3ccccc3n2C)cc1)C(C)C. The zero-order valence-electron chi connectivity index (χ0n) is 19.3. The van der Waals surface area contributed by atoms with Gasteiger partial charge in [-0.3, -0.25) is 9.59 Å². The third-order valence-corrected chi connectivity index (χ3v) is 5.82. The van der Waals surface area contributed by atoms with E-state index in [1.807, 2.05) is 94.5 Å². The number of aromatic nitrogens is 2. The number of fused-ring (bicyclic) bond motifs is 1. The lowest BCUT2D eigenvalue weighted by molar-refractivity contribution is -0.118. The number of amides is 2. The molecule has 2 N–H and O–H groups in total. The Morgan fingerprint density at radius 2 is 1.58 bits per heavy atom. The second-order valence-electron chi connectivity index (χ2n) is 8.56. The number of nitrogens with one attached hydrogen (secondary N) is 2. The zero-order valence-corrected chi connectivity index (χ0v) is 19.3. The van der Waals surface area contributed by atoms with Crippen LogP contribution in [0.1, 0.15) is 29.8 Å². The number of imidazole rings is 1. The molecule has 1 heterocycles. The number of nitrogens with zero attached hydrogens (tertiary/aromatic N) is 2. The lowest BCUT2D eigenvalue weighted by atomic mass is 10.0. The average Bonchev–Trinajstić information content (AvgIpc) is 3.14. The minimum atomic E-state index is -0.656. The number of hydrogen-bond donors (Lipinski definition) is 2. The molecule has 0 bridgehead atoms. The van der Waals surface area contributed by atoms with Gasteiger partial charge in [0.05, 0.1) is 11.0 Å². The van der Waals surface area contributed by atoms with E-state index in [9.17, 15) is 9.59 Å². The quantitative estimate of drug-likeness (QED) is 0.446. The van der Waals surface area contributed by atoms with Crippen molar-refractivity contribution in [2.45, 2.75) is 26.8 Å². The van der Waals surface area contributed by atoms with Gasteiger partial charge in [-0.05, 0) is 60.9 Å². The van der Waals surface area contributed by atoms with Gasteiger partial charge in [-0.2, -0.15) is 0 Å². The number of hydrogen-bond acceptors (Lipinski definition) is 3. The molecule has 4 rings (SSSR count). The van der Waals surface area contributed by atoms with Gasteiger partial charge in [-0.15, -0.1) is 0 Å². The van der Waals surface area contributed by atoms with Crippen molar-refractivity contribution in [3.8, 4) is 11.4 Å². The fourth-order valence-electron chi connectivity index (χ4n) is 3.91. The number of benzene rings is 3. The highest BCUT2D eigenvalue weighted by molar-refractivity contribution is 6.02. The number of rotatable bonds is 6. The van der Waals surface area contributed by atoms with Crippen molar-refractivity contribution >= 4 is 28.5 Å². The van der Waals surface area contributed by atoms with Crippen molar-refractivity contribution in [2.24, 2.45) is 13.0 Å². The molecule has 6 nitrogen and oxygen atoms in total. The van der Waals surface area contributed by atoms with Crippen LogP contribution in [0.2, 0.25) is 0 Å². The zero-order chi connectivity index (χ0) is 23.5. The van der Waals surface area contributed by atoms with Crippen LogP contribution in [0, 0.1) is 12.8 Å². The first-order valence-electron chi connectivity index (χ1n) is 11.0. The van der Waals surface area contributed by atoms with E-state index in [1.54, 1.807) is 6.07 Å². The predicted molar refractivity (Wildman–Crippen MR) is 132 cm³/mol. The highest BCUT2D eigenvalue weighted by Gasteiger charge is 2.25. The summed E-state index contributed by atoms with van der Waals surface area (Å²) in [7, 11) is 1.99. The first kappa shape index (κ1) is 22.3. The molecular weight excluding hydrogens is 412 g/mol. The van der Waals surface area contributed by atoms with E-state index >= 15 is 0 Å². The minimum Gasteiger partial charge on any atom is -0.340 e. The number of carbonyl (C=O) groups is 2. The van der Waals surface area contributed by atoms with Crippen LogP contribution >= 0.6 is 0 Å². The minimum absolute atomic E-state index is 0.0720. The van der Waals surface area contributed by atoms with Crippen LogP contribution in [0.5, 0.6) is 0 Å². The molecule has 0 saturated heterocycles. The lowest BCUT2D eigenvalue weighted by Gasteiger charge is -2.22. The number of aryl methyl sites for hydroxylation is 2. The fourth-order valence-corrected chi connectivity index (χ4v) is 3.91. The normalized spacial score (nSPS) is 12.0. The van der Waals surface area contributed by atoms with Gasteiger partial charge in [0.2, 0.25) is 5.91 Å². The molecule has 1 aromatic heterocycles. The Balaban J connectivity index is 1.49. The molecule has 0 spiro atoms. The first-order valence-corrected chi connectivity index (χ1v) is 11.0. The third-order valence-electron chi connectivity index (χ3n) is 5.82. The number of para-hydroxylation sites is 2. The van der Waals surface area contributed by atoms with Gasteiger partial charge in [0, 0.05) is 23.9 Å². The van der Waals surface area contributed by atoms with Gasteiger partial charge in [-0.1, -0.05) is 44.2 Å². The third kappa shape index (κ3) is 4.65. The van der Waals surface area contributed by atoms with Crippen LogP contribution in [0.15, 0.2) is 72.8 Å². The molecule has 168 valence electrons. The van der Waals surface area contributed by atoms with Crippen molar-refractivity contribution in [1.29, 1.82) is 0 Å². The average molecular weight is 441 g/mol. The largest absolute Gasteiger partial charge is 0.340 e. The van der Waals surface area contributed by atoms with Crippen LogP contribution in [0.4, 0.5) is 5.69 Å². The molecule has 0 aliphatic heterocycles. The highest BCUT2D eigenvalue weighted by Crippen LogP contribution is 2.25. The van der Waals surface area contributed by atoms with Crippen molar-refractivity contribution in [1.82, 2.24) is 14.9 Å². The molecule has 0 aliphatic rings. The van der Waals surface area contributed by atoms with E-state index in [-0.39, 0.29) is 17.7 Å². The van der Waals surface area contributed by atoms with E-state index < -0.39 is 6.04 Å². The smallest absolute Gasteiger partial charge is 0.252 e. The summed E-state index contributed by atoms with van der Waals surface area (Å²) in [5.74, 6) is 0.290. The molecule has 4 aromatic rings. The second-order valence-corrected chi connectivity index (χ2v) is 8.56. The maximum atomic E-state index is 13.0. The summed E-state index contributed by atoms with van der Waals surface area (Å²) in [6.45, 7) is 5.71. The Morgan fingerprint density at radius 3 is 2.24 bits per heavy atom. The van der Waals surface area contributed by atoms with Gasteiger partial charge in [0.25, 0.3) is 5.91 Å². The van der Waals surface area contributed by atoms with Crippen LogP contribution in [0.25, 0.3) is 22.4 Å². The summed E-state index contributed by atoms with van der Waals surface area (Å²) in [6, 6.07) is 22.3. The van der Waals surface area contributed by atoms with Crippen molar-refractivity contribution in [3.63, 3.8) is 0 Å². The van der Waals surface area contributed by atoms with E-state index in [1.165, 1.54) is 0 Å². The monoisotopic (exact) mass is 440 g/mol. The molecule has 1 atom stereocenters. The summed E-state index contributed by atoms with van der Waals surface area (Å²) >= 11 is 0. The maximum Gasteiger partial charge on any atom is 0.252 e. The summed E-state index contributed by atoms with van der Waals surface area (Å²) in [6.07, 6.45) is 0. The van der Waals surface area contributed by atoms with Gasteiger partial charge < -0.3 is 15.2 Å². The Hall–Kier alpha value is -3.93. The number of anilines is 1. The summed E-state index contributed by atoms with van der Waals surface area (Å²) in [5, 5.41) is 5.82. The summed E-state index contributed by atoms with van der Waals surface area (Å²) in [5.41, 5.74) is 5.07. The predicted octanol–water partition coefficient (Wildman–Crippen LogP) is 4.94. The van der Waals surface area contributed by atoms with Gasteiger partial charge in [0.15, 0.2) is 0 Å².